The summed E-state index contributed by atoms with van der Waals surface area (Å²) in [4.78, 5) is 10.4. The summed E-state index contributed by atoms with van der Waals surface area (Å²) in [6, 6.07) is 13.4. The third kappa shape index (κ3) is 3.53. The number of nitrogens with one attached hydrogen (secondary N) is 1. The Morgan fingerprint density at radius 1 is 1.21 bits per heavy atom. The monoisotopic (exact) mass is 275 g/mol. The van der Waals surface area contributed by atoms with Crippen molar-refractivity contribution in [3.63, 3.8) is 0 Å². The second-order valence-electron chi connectivity index (χ2n) is 3.70. The van der Waals surface area contributed by atoms with Gasteiger partial charge in [-0.15, -0.1) is 0 Å². The molecular formula is C13H10ClN3O2. The van der Waals surface area contributed by atoms with E-state index in [9.17, 15) is 10.1 Å². The molecule has 0 radical (unpaired) electrons. The molecule has 0 aliphatic heterocycles. The second kappa shape index (κ2) is 5.97. The largest absolute Gasteiger partial charge is 0.278 e. The SMILES string of the molecule is O=[N+]([O-])c1ccccc1/C=N/Nc1cccc(Cl)c1. The first-order valence-electron chi connectivity index (χ1n) is 5.45. The summed E-state index contributed by atoms with van der Waals surface area (Å²) < 4.78 is 0. The Balaban J connectivity index is 2.13. The minimum Gasteiger partial charge on any atom is -0.278 e. The van der Waals surface area contributed by atoms with Crippen LogP contribution in [-0.2, 0) is 0 Å². The van der Waals surface area contributed by atoms with Crippen molar-refractivity contribution in [3.05, 3.63) is 69.2 Å². The lowest BCUT2D eigenvalue weighted by Gasteiger charge is -2.00. The van der Waals surface area contributed by atoms with Crippen molar-refractivity contribution in [2.75, 3.05) is 5.43 Å². The molecule has 5 nitrogen and oxygen atoms in total. The molecule has 19 heavy (non-hydrogen) atoms. The number of hydrogen-bond donors (Lipinski definition) is 1. The molecule has 96 valence electrons. The van der Waals surface area contributed by atoms with Crippen LogP contribution in [0.4, 0.5) is 11.4 Å². The summed E-state index contributed by atoms with van der Waals surface area (Å²) in [5, 5.41) is 15.4. The summed E-state index contributed by atoms with van der Waals surface area (Å²) >= 11 is 5.83. The van der Waals surface area contributed by atoms with Gasteiger partial charge in [-0.1, -0.05) is 29.8 Å². The zero-order valence-electron chi connectivity index (χ0n) is 9.79. The van der Waals surface area contributed by atoms with Gasteiger partial charge in [0.1, 0.15) is 0 Å². The smallest absolute Gasteiger partial charge is 0.278 e. The quantitative estimate of drug-likeness (QED) is 0.525. The highest BCUT2D eigenvalue weighted by Gasteiger charge is 2.09. The van der Waals surface area contributed by atoms with Gasteiger partial charge in [0.2, 0.25) is 0 Å². The molecule has 1 N–H and O–H groups in total. The Morgan fingerprint density at radius 3 is 2.74 bits per heavy atom. The number of hydrogen-bond acceptors (Lipinski definition) is 4. The summed E-state index contributed by atoms with van der Waals surface area (Å²) in [7, 11) is 0. The standard InChI is InChI=1S/C13H10ClN3O2/c14-11-5-3-6-12(8-11)16-15-9-10-4-1-2-7-13(10)17(18)19/h1-9,16H/b15-9+. The molecule has 0 saturated carbocycles. The molecule has 0 fully saturated rings. The van der Waals surface area contributed by atoms with E-state index in [1.54, 1.807) is 42.5 Å². The van der Waals surface area contributed by atoms with Crippen molar-refractivity contribution in [2.24, 2.45) is 5.10 Å². The van der Waals surface area contributed by atoms with Crippen LogP contribution in [0, 0.1) is 10.1 Å². The highest BCUT2D eigenvalue weighted by Crippen LogP contribution is 2.16. The molecule has 0 amide bonds. The fourth-order valence-electron chi connectivity index (χ4n) is 1.50. The van der Waals surface area contributed by atoms with Gasteiger partial charge >= 0.3 is 0 Å². The highest BCUT2D eigenvalue weighted by molar-refractivity contribution is 6.30. The Kier molecular flexibility index (Phi) is 4.10. The van der Waals surface area contributed by atoms with E-state index in [-0.39, 0.29) is 5.69 Å². The number of anilines is 1. The lowest BCUT2D eigenvalue weighted by Crippen LogP contribution is -1.96. The molecule has 0 heterocycles. The van der Waals surface area contributed by atoms with E-state index in [0.717, 1.165) is 0 Å². The van der Waals surface area contributed by atoms with Crippen LogP contribution in [0.5, 0.6) is 0 Å². The van der Waals surface area contributed by atoms with Crippen molar-refractivity contribution >= 4 is 29.2 Å². The second-order valence-corrected chi connectivity index (χ2v) is 4.13. The number of benzene rings is 2. The topological polar surface area (TPSA) is 67.5 Å². The molecule has 6 heteroatoms. The van der Waals surface area contributed by atoms with E-state index in [1.807, 2.05) is 0 Å². The maximum atomic E-state index is 10.8. The highest BCUT2D eigenvalue weighted by atomic mass is 35.5. The Hall–Kier alpha value is -2.40. The number of nitro benzene ring substituents is 1. The predicted molar refractivity (Wildman–Crippen MR) is 75.8 cm³/mol. The van der Waals surface area contributed by atoms with Gasteiger partial charge < -0.3 is 0 Å². The van der Waals surface area contributed by atoms with Crippen LogP contribution in [-0.4, -0.2) is 11.1 Å². The molecule has 0 aliphatic carbocycles. The van der Waals surface area contributed by atoms with E-state index >= 15 is 0 Å². The summed E-state index contributed by atoms with van der Waals surface area (Å²) in [6.07, 6.45) is 1.40. The van der Waals surface area contributed by atoms with Gasteiger partial charge in [0.05, 0.1) is 22.4 Å². The van der Waals surface area contributed by atoms with Crippen molar-refractivity contribution in [1.82, 2.24) is 0 Å². The number of rotatable bonds is 4. The molecule has 0 saturated heterocycles. The minimum atomic E-state index is -0.444. The molecule has 2 aromatic rings. The number of halogens is 1. The van der Waals surface area contributed by atoms with Gasteiger partial charge in [-0.25, -0.2) is 0 Å². The minimum absolute atomic E-state index is 0.0131. The average Bonchev–Trinajstić information content (AvgIpc) is 2.39. The van der Waals surface area contributed by atoms with Crippen LogP contribution < -0.4 is 5.43 Å². The van der Waals surface area contributed by atoms with Crippen LogP contribution in [0.3, 0.4) is 0 Å². The van der Waals surface area contributed by atoms with E-state index in [4.69, 9.17) is 11.6 Å². The first-order valence-corrected chi connectivity index (χ1v) is 5.82. The third-order valence-electron chi connectivity index (χ3n) is 2.36. The van der Waals surface area contributed by atoms with Crippen molar-refractivity contribution in [2.45, 2.75) is 0 Å². The first-order chi connectivity index (χ1) is 9.16. The predicted octanol–water partition coefficient (Wildman–Crippen LogP) is 3.69. The number of para-hydroxylation sites is 1. The van der Waals surface area contributed by atoms with E-state index in [1.165, 1.54) is 12.3 Å². The summed E-state index contributed by atoms with van der Waals surface area (Å²) in [6.45, 7) is 0. The lowest BCUT2D eigenvalue weighted by molar-refractivity contribution is -0.385. The van der Waals surface area contributed by atoms with Gasteiger partial charge in [0.25, 0.3) is 5.69 Å². The van der Waals surface area contributed by atoms with Crippen LogP contribution in [0.15, 0.2) is 53.6 Å². The summed E-state index contributed by atoms with van der Waals surface area (Å²) in [5.74, 6) is 0. The maximum Gasteiger partial charge on any atom is 0.278 e. The zero-order chi connectivity index (χ0) is 13.7. The molecule has 0 aromatic heterocycles. The summed E-state index contributed by atoms with van der Waals surface area (Å²) in [5.41, 5.74) is 3.92. The molecule has 0 bridgehead atoms. The van der Waals surface area contributed by atoms with Gasteiger partial charge in [0, 0.05) is 11.1 Å². The van der Waals surface area contributed by atoms with Crippen molar-refractivity contribution in [1.29, 1.82) is 0 Å². The van der Waals surface area contributed by atoms with Gasteiger partial charge in [-0.05, 0) is 24.3 Å². The molecule has 2 rings (SSSR count). The first kappa shape index (κ1) is 13.0. The fourth-order valence-corrected chi connectivity index (χ4v) is 1.69. The van der Waals surface area contributed by atoms with Crippen LogP contribution >= 0.6 is 11.6 Å². The number of nitrogens with zero attached hydrogens (tertiary/aromatic N) is 2. The number of nitro groups is 1. The van der Waals surface area contributed by atoms with Crippen LogP contribution in [0.2, 0.25) is 5.02 Å². The molecule has 2 aromatic carbocycles. The normalized spacial score (nSPS) is 10.6. The van der Waals surface area contributed by atoms with Gasteiger partial charge in [-0.3, -0.25) is 15.5 Å². The van der Waals surface area contributed by atoms with Gasteiger partial charge in [0.15, 0.2) is 0 Å². The lowest BCUT2D eigenvalue weighted by atomic mass is 10.2. The van der Waals surface area contributed by atoms with Gasteiger partial charge in [-0.2, -0.15) is 5.10 Å². The molecule has 0 aliphatic rings. The molecular weight excluding hydrogens is 266 g/mol. The van der Waals surface area contributed by atoms with Crippen LogP contribution in [0.25, 0.3) is 0 Å². The molecule has 0 atom stereocenters. The van der Waals surface area contributed by atoms with E-state index in [2.05, 4.69) is 10.5 Å². The zero-order valence-corrected chi connectivity index (χ0v) is 10.5. The van der Waals surface area contributed by atoms with E-state index < -0.39 is 4.92 Å². The third-order valence-corrected chi connectivity index (χ3v) is 2.59. The fraction of sp³-hybridized carbons (Fsp3) is 0. The van der Waals surface area contributed by atoms with Crippen molar-refractivity contribution < 1.29 is 4.92 Å². The van der Waals surface area contributed by atoms with Crippen LogP contribution in [0.1, 0.15) is 5.56 Å². The average molecular weight is 276 g/mol. The molecule has 0 spiro atoms. The Bertz CT molecular complexity index is 629. The van der Waals surface area contributed by atoms with E-state index in [0.29, 0.717) is 16.3 Å². The Morgan fingerprint density at radius 2 is 2.00 bits per heavy atom. The maximum absolute atomic E-state index is 10.8. The Labute approximate surface area is 114 Å². The molecule has 0 unspecified atom stereocenters. The number of hydrazone groups is 1. The van der Waals surface area contributed by atoms with Crippen molar-refractivity contribution in [3.8, 4) is 0 Å².